The van der Waals surface area contributed by atoms with E-state index in [2.05, 4.69) is 10.9 Å². The number of hydrogen-bond donors (Lipinski definition) is 1. The van der Waals surface area contributed by atoms with Crippen molar-refractivity contribution >= 4 is 16.0 Å². The van der Waals surface area contributed by atoms with Crippen LogP contribution in [0.3, 0.4) is 0 Å². The first-order valence-corrected chi connectivity index (χ1v) is 5.33. The van der Waals surface area contributed by atoms with Crippen molar-refractivity contribution in [2.45, 2.75) is 20.3 Å². The minimum atomic E-state index is -3.63. The summed E-state index contributed by atoms with van der Waals surface area (Å²) in [5, 5.41) is 0. The smallest absolute Gasteiger partial charge is 0.267 e. The molecule has 0 saturated heterocycles. The fourth-order valence-corrected chi connectivity index (χ4v) is 1.27. The second-order valence-electron chi connectivity index (χ2n) is 2.56. The first kappa shape index (κ1) is 12.1. The van der Waals surface area contributed by atoms with E-state index in [1.807, 2.05) is 0 Å². The summed E-state index contributed by atoms with van der Waals surface area (Å²) in [4.78, 5) is 10.8. The molecule has 76 valence electrons. The lowest BCUT2D eigenvalue weighted by Gasteiger charge is -2.04. The van der Waals surface area contributed by atoms with Gasteiger partial charge in [0.25, 0.3) is 16.0 Å². The summed E-state index contributed by atoms with van der Waals surface area (Å²) in [5.74, 6) is -0.761. The minimum absolute atomic E-state index is 0.122. The van der Waals surface area contributed by atoms with Crippen molar-refractivity contribution in [2.75, 3.05) is 5.75 Å². The fourth-order valence-electron chi connectivity index (χ4n) is 0.480. The Kier molecular flexibility index (Phi) is 4.64. The van der Waals surface area contributed by atoms with Gasteiger partial charge in [0, 0.05) is 5.57 Å². The van der Waals surface area contributed by atoms with Gasteiger partial charge in [-0.1, -0.05) is 13.5 Å². The van der Waals surface area contributed by atoms with Gasteiger partial charge in [0.2, 0.25) is 0 Å². The number of nitrogens with one attached hydrogen (secondary N) is 1. The molecule has 0 heterocycles. The van der Waals surface area contributed by atoms with Gasteiger partial charge in [0.15, 0.2) is 0 Å². The topological polar surface area (TPSA) is 72.5 Å². The van der Waals surface area contributed by atoms with Gasteiger partial charge in [0.05, 0.1) is 5.75 Å². The Balaban J connectivity index is 4.03. The van der Waals surface area contributed by atoms with Gasteiger partial charge < -0.3 is 0 Å². The van der Waals surface area contributed by atoms with E-state index in [1.54, 1.807) is 12.4 Å². The third kappa shape index (κ3) is 5.37. The normalized spacial score (nSPS) is 10.9. The van der Waals surface area contributed by atoms with E-state index in [0.717, 1.165) is 0 Å². The van der Waals surface area contributed by atoms with Crippen LogP contribution in [0, 0.1) is 0 Å². The average Bonchev–Trinajstić information content (AvgIpc) is 2.00. The molecule has 0 spiro atoms. The quantitative estimate of drug-likeness (QED) is 0.521. The van der Waals surface area contributed by atoms with Crippen LogP contribution in [0.1, 0.15) is 20.3 Å². The maximum absolute atomic E-state index is 10.9. The highest BCUT2D eigenvalue weighted by atomic mass is 32.2. The Labute approximate surface area is 77.9 Å². The Morgan fingerprint density at radius 2 is 2.08 bits per heavy atom. The second-order valence-corrected chi connectivity index (χ2v) is 4.25. The minimum Gasteiger partial charge on any atom is -0.267 e. The van der Waals surface area contributed by atoms with E-state index in [0.29, 0.717) is 6.42 Å². The molecule has 0 unspecified atom stereocenters. The van der Waals surface area contributed by atoms with Gasteiger partial charge in [-0.25, -0.2) is 5.48 Å². The molecular formula is C7H13NO4S. The SMILES string of the molecule is C=C(C)C(=O)NOS(=O)(=O)CCC. The summed E-state index contributed by atoms with van der Waals surface area (Å²) in [6.45, 7) is 6.46. The standard InChI is InChI=1S/C7H13NO4S/c1-4-5-13(10,11)12-8-7(9)6(2)3/h2,4-5H2,1,3H3,(H,8,9). The van der Waals surface area contributed by atoms with Crippen LogP contribution in [0.5, 0.6) is 0 Å². The molecule has 0 aromatic heterocycles. The molecule has 6 heteroatoms. The highest BCUT2D eigenvalue weighted by Gasteiger charge is 2.12. The van der Waals surface area contributed by atoms with Crippen molar-refractivity contribution in [1.82, 2.24) is 5.48 Å². The third-order valence-electron chi connectivity index (χ3n) is 1.10. The molecule has 0 aromatic rings. The zero-order valence-corrected chi connectivity index (χ0v) is 8.48. The average molecular weight is 207 g/mol. The molecule has 0 saturated carbocycles. The molecule has 1 amide bonds. The molecule has 0 radical (unpaired) electrons. The zero-order chi connectivity index (χ0) is 10.5. The summed E-state index contributed by atoms with van der Waals surface area (Å²) in [6, 6.07) is 0. The first-order valence-electron chi connectivity index (χ1n) is 3.76. The molecule has 0 rings (SSSR count). The molecule has 0 fully saturated rings. The Bertz CT molecular complexity index is 294. The number of amides is 1. The molecule has 5 nitrogen and oxygen atoms in total. The van der Waals surface area contributed by atoms with E-state index in [4.69, 9.17) is 0 Å². The second kappa shape index (κ2) is 4.98. The van der Waals surface area contributed by atoms with Crippen LogP contribution in [-0.2, 0) is 19.2 Å². The molecule has 0 aliphatic rings. The van der Waals surface area contributed by atoms with Gasteiger partial charge in [-0.15, -0.1) is 4.28 Å². The molecule has 0 aliphatic heterocycles. The molecule has 0 aliphatic carbocycles. The van der Waals surface area contributed by atoms with Crippen molar-refractivity contribution in [3.8, 4) is 0 Å². The largest absolute Gasteiger partial charge is 0.287 e. The van der Waals surface area contributed by atoms with Crippen LogP contribution >= 0.6 is 0 Å². The van der Waals surface area contributed by atoms with Gasteiger partial charge >= 0.3 is 0 Å². The predicted octanol–water partition coefficient (Wildman–Crippen LogP) is 0.350. The van der Waals surface area contributed by atoms with Crippen LogP contribution in [0.4, 0.5) is 0 Å². The zero-order valence-electron chi connectivity index (χ0n) is 7.66. The predicted molar refractivity (Wildman–Crippen MR) is 48.1 cm³/mol. The van der Waals surface area contributed by atoms with Crippen LogP contribution in [0.15, 0.2) is 12.2 Å². The maximum atomic E-state index is 10.9. The summed E-state index contributed by atoms with van der Waals surface area (Å²) in [6.07, 6.45) is 0.436. The molecule has 1 N–H and O–H groups in total. The van der Waals surface area contributed by atoms with Crippen molar-refractivity contribution in [1.29, 1.82) is 0 Å². The lowest BCUT2D eigenvalue weighted by atomic mass is 10.3. The van der Waals surface area contributed by atoms with Crippen molar-refractivity contribution in [2.24, 2.45) is 0 Å². The molecular weight excluding hydrogens is 194 g/mol. The Hall–Kier alpha value is -0.880. The summed E-state index contributed by atoms with van der Waals surface area (Å²) < 4.78 is 26.0. The lowest BCUT2D eigenvalue weighted by molar-refractivity contribution is -0.123. The maximum Gasteiger partial charge on any atom is 0.287 e. The number of hydroxylamine groups is 1. The van der Waals surface area contributed by atoms with E-state index < -0.39 is 16.0 Å². The summed E-state index contributed by atoms with van der Waals surface area (Å²) in [7, 11) is -3.63. The first-order chi connectivity index (χ1) is 5.89. The van der Waals surface area contributed by atoms with E-state index in [9.17, 15) is 13.2 Å². The summed E-state index contributed by atoms with van der Waals surface area (Å²) in [5.41, 5.74) is 1.97. The van der Waals surface area contributed by atoms with E-state index in [1.165, 1.54) is 6.92 Å². The van der Waals surface area contributed by atoms with Gasteiger partial charge in [-0.05, 0) is 13.3 Å². The highest BCUT2D eigenvalue weighted by molar-refractivity contribution is 7.86. The van der Waals surface area contributed by atoms with Gasteiger partial charge in [-0.3, -0.25) is 4.79 Å². The van der Waals surface area contributed by atoms with Gasteiger partial charge in [-0.2, -0.15) is 8.42 Å². The van der Waals surface area contributed by atoms with Gasteiger partial charge in [0.1, 0.15) is 0 Å². The Morgan fingerprint density at radius 3 is 2.46 bits per heavy atom. The van der Waals surface area contributed by atoms with Crippen LogP contribution < -0.4 is 5.48 Å². The number of carbonyl (C=O) groups is 1. The molecule has 0 atom stereocenters. The number of carbonyl (C=O) groups excluding carboxylic acids is 1. The van der Waals surface area contributed by atoms with Crippen LogP contribution in [-0.4, -0.2) is 20.1 Å². The van der Waals surface area contributed by atoms with Crippen LogP contribution in [0.25, 0.3) is 0 Å². The fraction of sp³-hybridized carbons (Fsp3) is 0.571. The van der Waals surface area contributed by atoms with Crippen LogP contribution in [0.2, 0.25) is 0 Å². The van der Waals surface area contributed by atoms with E-state index >= 15 is 0 Å². The highest BCUT2D eigenvalue weighted by Crippen LogP contribution is 1.94. The molecule has 0 bridgehead atoms. The Morgan fingerprint density at radius 1 is 1.54 bits per heavy atom. The molecule has 13 heavy (non-hydrogen) atoms. The van der Waals surface area contributed by atoms with Crippen molar-refractivity contribution in [3.05, 3.63) is 12.2 Å². The number of rotatable bonds is 5. The van der Waals surface area contributed by atoms with Crippen molar-refractivity contribution < 1.29 is 17.5 Å². The third-order valence-corrected chi connectivity index (χ3v) is 2.35. The summed E-state index contributed by atoms with van der Waals surface area (Å²) >= 11 is 0. The van der Waals surface area contributed by atoms with E-state index in [-0.39, 0.29) is 11.3 Å². The monoisotopic (exact) mass is 207 g/mol. The lowest BCUT2D eigenvalue weighted by Crippen LogP contribution is -2.28. The number of hydrogen-bond acceptors (Lipinski definition) is 4. The van der Waals surface area contributed by atoms with Crippen molar-refractivity contribution in [3.63, 3.8) is 0 Å². The molecule has 0 aromatic carbocycles.